The molecule has 0 bridgehead atoms. The Morgan fingerprint density at radius 3 is 2.00 bits per heavy atom. The van der Waals surface area contributed by atoms with E-state index in [2.05, 4.69) is 17.6 Å². The van der Waals surface area contributed by atoms with Gasteiger partial charge in [0.2, 0.25) is 0 Å². The highest BCUT2D eigenvalue weighted by Crippen LogP contribution is 2.07. The second kappa shape index (κ2) is 9.94. The second-order valence-electron chi connectivity index (χ2n) is 4.51. The molecule has 2 aromatic rings. The molecule has 0 heterocycles. The van der Waals surface area contributed by atoms with E-state index in [0.717, 1.165) is 5.75 Å². The Morgan fingerprint density at radius 2 is 1.55 bits per heavy atom. The van der Waals surface area contributed by atoms with Gasteiger partial charge in [-0.1, -0.05) is 55.5 Å². The maximum Gasteiger partial charge on any atom is 0.264 e. The number of hydrogen-bond donors (Lipinski definition) is 2. The predicted octanol–water partition coefficient (Wildman–Crippen LogP) is 3.05. The molecule has 0 aliphatic rings. The van der Waals surface area contributed by atoms with Crippen LogP contribution in [0.15, 0.2) is 60.7 Å². The van der Waals surface area contributed by atoms with Gasteiger partial charge in [-0.3, -0.25) is 4.55 Å². The number of hydrogen-bond acceptors (Lipinski definition) is 4. The molecule has 0 amide bonds. The fourth-order valence-electron chi connectivity index (χ4n) is 1.55. The molecule has 2 N–H and O–H groups in total. The minimum atomic E-state index is -3.67. The van der Waals surface area contributed by atoms with Crippen LogP contribution in [-0.2, 0) is 16.7 Å². The Balaban J connectivity index is 0.000000295. The molecule has 0 saturated heterocycles. The number of para-hydroxylation sites is 1. The summed E-state index contributed by atoms with van der Waals surface area (Å²) in [5.41, 5.74) is 4.12. The van der Waals surface area contributed by atoms with Gasteiger partial charge in [-0.25, -0.2) is 0 Å². The van der Waals surface area contributed by atoms with E-state index in [-0.39, 0.29) is 5.75 Å². The van der Waals surface area contributed by atoms with Crippen molar-refractivity contribution in [2.75, 3.05) is 5.75 Å². The Morgan fingerprint density at radius 1 is 1.00 bits per heavy atom. The van der Waals surface area contributed by atoms with Crippen LogP contribution in [0.3, 0.4) is 0 Å². The highest BCUT2D eigenvalue weighted by atomic mass is 32.2. The molecular formula is C16H21NO4S. The van der Waals surface area contributed by atoms with Crippen LogP contribution in [0.25, 0.3) is 0 Å². The lowest BCUT2D eigenvalue weighted by atomic mass is 10.2. The van der Waals surface area contributed by atoms with E-state index in [4.69, 9.17) is 9.39 Å². The van der Waals surface area contributed by atoms with Crippen LogP contribution in [0.4, 0.5) is 0 Å². The van der Waals surface area contributed by atoms with Gasteiger partial charge in [0.1, 0.15) is 5.75 Å². The van der Waals surface area contributed by atoms with Gasteiger partial charge in [0.15, 0.2) is 0 Å². The third-order valence-corrected chi connectivity index (χ3v) is 3.44. The van der Waals surface area contributed by atoms with Crippen molar-refractivity contribution < 1.29 is 17.8 Å². The van der Waals surface area contributed by atoms with E-state index in [1.807, 2.05) is 48.5 Å². The summed E-state index contributed by atoms with van der Waals surface area (Å²) in [6.07, 6.45) is 0.471. The van der Waals surface area contributed by atoms with Crippen LogP contribution in [0.1, 0.15) is 18.9 Å². The molecule has 22 heavy (non-hydrogen) atoms. The number of benzene rings is 2. The highest BCUT2D eigenvalue weighted by Gasteiger charge is 1.98. The van der Waals surface area contributed by atoms with Crippen LogP contribution < -0.4 is 10.3 Å². The second-order valence-corrected chi connectivity index (χ2v) is 6.08. The summed E-state index contributed by atoms with van der Waals surface area (Å²) in [6.45, 7) is 2.39. The molecule has 0 atom stereocenters. The van der Waals surface area contributed by atoms with Crippen molar-refractivity contribution in [3.05, 3.63) is 66.2 Å². The molecule has 0 radical (unpaired) electrons. The van der Waals surface area contributed by atoms with E-state index in [1.54, 1.807) is 6.92 Å². The summed E-state index contributed by atoms with van der Waals surface area (Å²) >= 11 is 0. The molecule has 0 fully saturated rings. The first-order valence-corrected chi connectivity index (χ1v) is 8.56. The quantitative estimate of drug-likeness (QED) is 0.631. The van der Waals surface area contributed by atoms with Crippen LogP contribution in [0, 0.1) is 0 Å². The molecule has 0 saturated carbocycles. The minimum Gasteiger partial charge on any atom is -0.408 e. The molecule has 0 spiro atoms. The van der Waals surface area contributed by atoms with E-state index in [0.29, 0.717) is 13.0 Å². The molecule has 2 rings (SSSR count). The topological polar surface area (TPSA) is 75.6 Å². The zero-order valence-electron chi connectivity index (χ0n) is 12.5. The molecular weight excluding hydrogens is 302 g/mol. The summed E-state index contributed by atoms with van der Waals surface area (Å²) in [7, 11) is -3.67. The lowest BCUT2D eigenvalue weighted by molar-refractivity contribution is 0.190. The van der Waals surface area contributed by atoms with Crippen molar-refractivity contribution >= 4 is 10.1 Å². The average molecular weight is 323 g/mol. The Kier molecular flexibility index (Phi) is 8.21. The summed E-state index contributed by atoms with van der Waals surface area (Å²) in [5, 5.41) is 0. The van der Waals surface area contributed by atoms with Gasteiger partial charge in [-0.2, -0.15) is 13.9 Å². The van der Waals surface area contributed by atoms with E-state index < -0.39 is 10.1 Å². The zero-order valence-corrected chi connectivity index (χ0v) is 13.3. The van der Waals surface area contributed by atoms with E-state index >= 15 is 0 Å². The smallest absolute Gasteiger partial charge is 0.264 e. The molecule has 5 nitrogen and oxygen atoms in total. The van der Waals surface area contributed by atoms with Gasteiger partial charge in [-0.15, -0.1) is 0 Å². The number of hydroxylamine groups is 1. The van der Waals surface area contributed by atoms with E-state index in [1.165, 1.54) is 5.56 Å². The fourth-order valence-corrected chi connectivity index (χ4v) is 2.06. The van der Waals surface area contributed by atoms with Crippen LogP contribution in [-0.4, -0.2) is 18.7 Å². The van der Waals surface area contributed by atoms with Gasteiger partial charge >= 0.3 is 0 Å². The Hall–Kier alpha value is -1.89. The van der Waals surface area contributed by atoms with E-state index in [9.17, 15) is 8.42 Å². The fraction of sp³-hybridized carbons (Fsp3) is 0.250. The molecule has 0 aromatic heterocycles. The molecule has 2 aromatic carbocycles. The van der Waals surface area contributed by atoms with Gasteiger partial charge in [0.25, 0.3) is 10.1 Å². The standard InChI is InChI=1S/C13H13NO.C3H8O3S/c1-3-7-12(8-4-1)11-14-15-13-9-5-2-6-10-13;1-2-3-7(4,5)6/h1-10,14H,11H2;2-3H2,1H3,(H,4,5,6). The van der Waals surface area contributed by atoms with Crippen molar-refractivity contribution in [3.8, 4) is 5.75 Å². The lowest BCUT2D eigenvalue weighted by Crippen LogP contribution is -2.17. The third-order valence-electron chi connectivity index (χ3n) is 2.51. The summed E-state index contributed by atoms with van der Waals surface area (Å²) < 4.78 is 27.6. The van der Waals surface area contributed by atoms with Crippen molar-refractivity contribution in [1.82, 2.24) is 5.48 Å². The maximum atomic E-state index is 9.79. The lowest BCUT2D eigenvalue weighted by Gasteiger charge is -2.06. The molecule has 120 valence electrons. The predicted molar refractivity (Wildman–Crippen MR) is 87.1 cm³/mol. The maximum absolute atomic E-state index is 9.79. The first kappa shape index (κ1) is 18.2. The first-order chi connectivity index (χ1) is 10.5. The minimum absolute atomic E-state index is 0.132. The zero-order chi connectivity index (χ0) is 16.3. The Bertz CT molecular complexity index is 576. The number of rotatable bonds is 6. The average Bonchev–Trinajstić information content (AvgIpc) is 2.49. The molecule has 6 heteroatoms. The monoisotopic (exact) mass is 323 g/mol. The summed E-state index contributed by atoms with van der Waals surface area (Å²) in [6, 6.07) is 19.8. The van der Waals surface area contributed by atoms with Crippen LogP contribution in [0.2, 0.25) is 0 Å². The SMILES string of the molecule is CCCS(=O)(=O)O.c1ccc(CNOc2ccccc2)cc1. The van der Waals surface area contributed by atoms with Crippen LogP contribution >= 0.6 is 0 Å². The summed E-state index contributed by atoms with van der Waals surface area (Å²) in [5.74, 6) is 0.695. The first-order valence-electron chi connectivity index (χ1n) is 6.95. The van der Waals surface area contributed by atoms with Crippen molar-refractivity contribution in [1.29, 1.82) is 0 Å². The Labute approximate surface area is 131 Å². The van der Waals surface area contributed by atoms with Crippen molar-refractivity contribution in [3.63, 3.8) is 0 Å². The highest BCUT2D eigenvalue weighted by molar-refractivity contribution is 7.85. The molecule has 0 unspecified atom stereocenters. The largest absolute Gasteiger partial charge is 0.408 e. The van der Waals surface area contributed by atoms with Crippen LogP contribution in [0.5, 0.6) is 5.75 Å². The van der Waals surface area contributed by atoms with Crippen molar-refractivity contribution in [2.45, 2.75) is 19.9 Å². The van der Waals surface area contributed by atoms with Crippen molar-refractivity contribution in [2.24, 2.45) is 0 Å². The molecule has 0 aliphatic heterocycles. The van der Waals surface area contributed by atoms with Gasteiger partial charge < -0.3 is 4.84 Å². The van der Waals surface area contributed by atoms with Gasteiger partial charge in [-0.05, 0) is 24.1 Å². The van der Waals surface area contributed by atoms with Gasteiger partial charge in [0, 0.05) is 0 Å². The number of nitrogens with one attached hydrogen (secondary N) is 1. The molecule has 0 aliphatic carbocycles. The summed E-state index contributed by atoms with van der Waals surface area (Å²) in [4.78, 5) is 5.36. The van der Waals surface area contributed by atoms with Gasteiger partial charge in [0.05, 0.1) is 12.3 Å². The normalized spacial score (nSPS) is 10.5. The third kappa shape index (κ3) is 9.12.